The van der Waals surface area contributed by atoms with E-state index in [1.54, 1.807) is 7.11 Å². The van der Waals surface area contributed by atoms with Crippen LogP contribution in [0.1, 0.15) is 43.2 Å². The standard InChI is InChI=1S/C22H25NO/c1-3-17(20-14-4-5-15-21(20)24-2)9-6-10-18-11-7-12-19-13-8-16-23-22(18)19/h4-5,7-8,11-17H,3,6,9-10H2,1-2H3. The highest BCUT2D eigenvalue weighted by atomic mass is 16.5. The molecule has 24 heavy (non-hydrogen) atoms. The van der Waals surface area contributed by atoms with Gasteiger partial charge in [-0.25, -0.2) is 0 Å². The monoisotopic (exact) mass is 319 g/mol. The molecule has 124 valence electrons. The van der Waals surface area contributed by atoms with Gasteiger partial charge >= 0.3 is 0 Å². The fraction of sp³-hybridized carbons (Fsp3) is 0.318. The van der Waals surface area contributed by atoms with Crippen LogP contribution in [0.3, 0.4) is 0 Å². The second kappa shape index (κ2) is 7.96. The Labute approximate surface area is 144 Å². The Morgan fingerprint density at radius 1 is 1.00 bits per heavy atom. The summed E-state index contributed by atoms with van der Waals surface area (Å²) in [7, 11) is 1.76. The Kier molecular flexibility index (Phi) is 5.47. The van der Waals surface area contributed by atoms with Crippen LogP contribution in [0.4, 0.5) is 0 Å². The molecular formula is C22H25NO. The Morgan fingerprint density at radius 3 is 2.67 bits per heavy atom. The van der Waals surface area contributed by atoms with Crippen LogP contribution in [0.2, 0.25) is 0 Å². The smallest absolute Gasteiger partial charge is 0.122 e. The van der Waals surface area contributed by atoms with Crippen molar-refractivity contribution in [3.05, 3.63) is 71.9 Å². The molecule has 0 spiro atoms. The molecule has 1 unspecified atom stereocenters. The highest BCUT2D eigenvalue weighted by molar-refractivity contribution is 5.81. The molecule has 0 fully saturated rings. The number of hydrogen-bond acceptors (Lipinski definition) is 2. The van der Waals surface area contributed by atoms with Gasteiger partial charge in [0.05, 0.1) is 12.6 Å². The number of methoxy groups -OCH3 is 1. The van der Waals surface area contributed by atoms with Gasteiger partial charge in [-0.05, 0) is 54.9 Å². The third kappa shape index (κ3) is 3.59. The van der Waals surface area contributed by atoms with Crippen molar-refractivity contribution in [1.82, 2.24) is 4.98 Å². The Bertz CT molecular complexity index is 791. The predicted molar refractivity (Wildman–Crippen MR) is 101 cm³/mol. The van der Waals surface area contributed by atoms with Crippen LogP contribution < -0.4 is 4.74 Å². The van der Waals surface area contributed by atoms with Crippen LogP contribution in [0.5, 0.6) is 5.75 Å². The molecule has 0 amide bonds. The summed E-state index contributed by atoms with van der Waals surface area (Å²) in [4.78, 5) is 4.56. The number of pyridine rings is 1. The fourth-order valence-corrected chi connectivity index (χ4v) is 3.49. The van der Waals surface area contributed by atoms with Gasteiger partial charge in [0, 0.05) is 11.6 Å². The number of para-hydroxylation sites is 2. The molecule has 0 aliphatic rings. The van der Waals surface area contributed by atoms with Crippen molar-refractivity contribution < 1.29 is 4.74 Å². The summed E-state index contributed by atoms with van der Waals surface area (Å²) < 4.78 is 5.54. The highest BCUT2D eigenvalue weighted by Crippen LogP contribution is 2.32. The lowest BCUT2D eigenvalue weighted by Gasteiger charge is -2.18. The number of ether oxygens (including phenoxy) is 1. The molecule has 1 atom stereocenters. The average Bonchev–Trinajstić information content (AvgIpc) is 2.65. The first-order chi connectivity index (χ1) is 11.8. The topological polar surface area (TPSA) is 22.1 Å². The molecule has 2 heteroatoms. The summed E-state index contributed by atoms with van der Waals surface area (Å²) in [5.41, 5.74) is 3.83. The fourth-order valence-electron chi connectivity index (χ4n) is 3.49. The summed E-state index contributed by atoms with van der Waals surface area (Å²) in [6, 6.07) is 19.0. The van der Waals surface area contributed by atoms with E-state index in [0.717, 1.165) is 30.5 Å². The van der Waals surface area contributed by atoms with Gasteiger partial charge in [0.25, 0.3) is 0 Å². The zero-order chi connectivity index (χ0) is 16.8. The third-order valence-corrected chi connectivity index (χ3v) is 4.79. The van der Waals surface area contributed by atoms with Gasteiger partial charge in [0.1, 0.15) is 5.75 Å². The van der Waals surface area contributed by atoms with E-state index in [1.165, 1.54) is 22.9 Å². The van der Waals surface area contributed by atoms with Crippen LogP contribution in [0, 0.1) is 0 Å². The molecule has 3 rings (SSSR count). The maximum absolute atomic E-state index is 5.54. The zero-order valence-corrected chi connectivity index (χ0v) is 14.5. The van der Waals surface area contributed by atoms with E-state index in [2.05, 4.69) is 54.4 Å². The number of fused-ring (bicyclic) bond motifs is 1. The third-order valence-electron chi connectivity index (χ3n) is 4.79. The molecule has 0 aliphatic heterocycles. The molecule has 0 saturated carbocycles. The minimum Gasteiger partial charge on any atom is -0.496 e. The molecule has 2 nitrogen and oxygen atoms in total. The van der Waals surface area contributed by atoms with Gasteiger partial charge in [-0.15, -0.1) is 0 Å². The largest absolute Gasteiger partial charge is 0.496 e. The lowest BCUT2D eigenvalue weighted by molar-refractivity contribution is 0.402. The molecule has 0 bridgehead atoms. The van der Waals surface area contributed by atoms with E-state index in [1.807, 2.05) is 18.3 Å². The lowest BCUT2D eigenvalue weighted by Crippen LogP contribution is -2.02. The van der Waals surface area contributed by atoms with Crippen molar-refractivity contribution in [2.24, 2.45) is 0 Å². The van der Waals surface area contributed by atoms with Gasteiger partial charge in [0.2, 0.25) is 0 Å². The average molecular weight is 319 g/mol. The van der Waals surface area contributed by atoms with Gasteiger partial charge in [-0.3, -0.25) is 4.98 Å². The Morgan fingerprint density at radius 2 is 1.83 bits per heavy atom. The first-order valence-electron chi connectivity index (χ1n) is 8.79. The molecule has 3 aromatic rings. The quantitative estimate of drug-likeness (QED) is 0.552. The number of hydrogen-bond donors (Lipinski definition) is 0. The van der Waals surface area contributed by atoms with Crippen molar-refractivity contribution in [3.63, 3.8) is 0 Å². The number of aryl methyl sites for hydroxylation is 1. The van der Waals surface area contributed by atoms with Crippen molar-refractivity contribution in [1.29, 1.82) is 0 Å². The predicted octanol–water partition coefficient (Wildman–Crippen LogP) is 5.76. The maximum atomic E-state index is 5.54. The van der Waals surface area contributed by atoms with Gasteiger partial charge in [0.15, 0.2) is 0 Å². The molecule has 1 aromatic heterocycles. The molecule has 2 aromatic carbocycles. The van der Waals surface area contributed by atoms with Crippen molar-refractivity contribution in [2.45, 2.75) is 38.5 Å². The van der Waals surface area contributed by atoms with Gasteiger partial charge in [-0.1, -0.05) is 49.4 Å². The number of benzene rings is 2. The Hall–Kier alpha value is -2.35. The van der Waals surface area contributed by atoms with E-state index >= 15 is 0 Å². The highest BCUT2D eigenvalue weighted by Gasteiger charge is 2.14. The van der Waals surface area contributed by atoms with Crippen LogP contribution in [-0.4, -0.2) is 12.1 Å². The number of aromatic nitrogens is 1. The normalized spacial score (nSPS) is 12.2. The van der Waals surface area contributed by atoms with Crippen LogP contribution in [0.25, 0.3) is 10.9 Å². The molecule has 0 aliphatic carbocycles. The summed E-state index contributed by atoms with van der Waals surface area (Å²) in [5, 5.41) is 1.23. The van der Waals surface area contributed by atoms with E-state index in [-0.39, 0.29) is 0 Å². The van der Waals surface area contributed by atoms with Crippen molar-refractivity contribution in [2.75, 3.05) is 7.11 Å². The second-order valence-corrected chi connectivity index (χ2v) is 6.23. The summed E-state index contributed by atoms with van der Waals surface area (Å²) >= 11 is 0. The minimum atomic E-state index is 0.545. The minimum absolute atomic E-state index is 0.545. The summed E-state index contributed by atoms with van der Waals surface area (Å²) in [5.74, 6) is 1.56. The van der Waals surface area contributed by atoms with E-state index in [0.29, 0.717) is 5.92 Å². The molecule has 1 heterocycles. The summed E-state index contributed by atoms with van der Waals surface area (Å²) in [6.07, 6.45) is 6.41. The lowest BCUT2D eigenvalue weighted by atomic mass is 9.89. The molecule has 0 saturated heterocycles. The van der Waals surface area contributed by atoms with Gasteiger partial charge < -0.3 is 4.74 Å². The first kappa shape index (κ1) is 16.5. The summed E-state index contributed by atoms with van der Waals surface area (Å²) in [6.45, 7) is 2.26. The van der Waals surface area contributed by atoms with Gasteiger partial charge in [-0.2, -0.15) is 0 Å². The van der Waals surface area contributed by atoms with Crippen molar-refractivity contribution in [3.8, 4) is 5.75 Å². The van der Waals surface area contributed by atoms with E-state index in [9.17, 15) is 0 Å². The van der Waals surface area contributed by atoms with Crippen LogP contribution >= 0.6 is 0 Å². The van der Waals surface area contributed by atoms with Crippen molar-refractivity contribution >= 4 is 10.9 Å². The SMILES string of the molecule is CCC(CCCc1cccc2cccnc12)c1ccccc1OC. The first-order valence-corrected chi connectivity index (χ1v) is 8.79. The zero-order valence-electron chi connectivity index (χ0n) is 14.5. The van der Waals surface area contributed by atoms with Crippen LogP contribution in [-0.2, 0) is 6.42 Å². The number of nitrogens with zero attached hydrogens (tertiary/aromatic N) is 1. The molecule has 0 N–H and O–H groups in total. The maximum Gasteiger partial charge on any atom is 0.122 e. The van der Waals surface area contributed by atoms with E-state index < -0.39 is 0 Å². The van der Waals surface area contributed by atoms with E-state index in [4.69, 9.17) is 4.74 Å². The second-order valence-electron chi connectivity index (χ2n) is 6.23. The molecule has 0 radical (unpaired) electrons. The Balaban J connectivity index is 1.70. The van der Waals surface area contributed by atoms with Crippen LogP contribution in [0.15, 0.2) is 60.8 Å². The number of rotatable bonds is 7. The molecular weight excluding hydrogens is 294 g/mol.